The van der Waals surface area contributed by atoms with Gasteiger partial charge in [0, 0.05) is 37.2 Å². The van der Waals surface area contributed by atoms with Crippen LogP contribution in [-0.2, 0) is 21.3 Å². The minimum absolute atomic E-state index is 0.191. The molecule has 0 aliphatic carbocycles. The van der Waals surface area contributed by atoms with Crippen LogP contribution in [0.1, 0.15) is 40.2 Å². The summed E-state index contributed by atoms with van der Waals surface area (Å²) < 4.78 is 30.7. The van der Waals surface area contributed by atoms with Crippen LogP contribution in [0.3, 0.4) is 0 Å². The molecular weight excluding hydrogens is 464 g/mol. The number of aromatic nitrogens is 2. The van der Waals surface area contributed by atoms with E-state index in [0.29, 0.717) is 27.8 Å². The molecule has 1 aliphatic rings. The quantitative estimate of drug-likeness (QED) is 0.466. The van der Waals surface area contributed by atoms with E-state index in [1.54, 1.807) is 24.4 Å². The first-order valence-electron chi connectivity index (χ1n) is 10.5. The van der Waals surface area contributed by atoms with Crippen LogP contribution >= 0.6 is 11.6 Å². The van der Waals surface area contributed by atoms with Gasteiger partial charge in [0.1, 0.15) is 0 Å². The van der Waals surface area contributed by atoms with Crippen LogP contribution in [0.5, 0.6) is 0 Å². The maximum atomic E-state index is 12.6. The second kappa shape index (κ2) is 9.94. The molecule has 1 saturated heterocycles. The highest BCUT2D eigenvalue weighted by Crippen LogP contribution is 2.27. The highest BCUT2D eigenvalue weighted by molar-refractivity contribution is 7.92. The fourth-order valence-electron chi connectivity index (χ4n) is 3.82. The number of nitrogens with zero attached hydrogens (tertiary/aromatic N) is 1. The lowest BCUT2D eigenvalue weighted by Gasteiger charge is -2.22. The summed E-state index contributed by atoms with van der Waals surface area (Å²) in [6.45, 7) is 1.76. The number of anilines is 1. The van der Waals surface area contributed by atoms with E-state index in [4.69, 9.17) is 16.3 Å². The van der Waals surface area contributed by atoms with Gasteiger partial charge < -0.3 is 15.0 Å². The highest BCUT2D eigenvalue weighted by atomic mass is 35.5. The van der Waals surface area contributed by atoms with Gasteiger partial charge in [0.2, 0.25) is 10.0 Å². The molecule has 0 atom stereocenters. The zero-order valence-electron chi connectivity index (χ0n) is 18.1. The third kappa shape index (κ3) is 6.34. The van der Waals surface area contributed by atoms with Gasteiger partial charge in [-0.1, -0.05) is 17.7 Å². The van der Waals surface area contributed by atoms with Crippen LogP contribution in [0.2, 0.25) is 5.02 Å². The van der Waals surface area contributed by atoms with E-state index >= 15 is 0 Å². The Morgan fingerprint density at radius 3 is 2.70 bits per heavy atom. The number of hydrogen-bond acceptors (Lipinski definition) is 5. The van der Waals surface area contributed by atoms with Crippen molar-refractivity contribution in [2.24, 2.45) is 0 Å². The number of aromatic amines is 1. The first-order chi connectivity index (χ1) is 15.8. The SMILES string of the molecule is CS(=O)(=O)Nc1cc(Cl)cc(CNC(=O)c2c[nH]c(-c3ccc(C4CCOCC4)cn3)c2)c1. The molecule has 1 aromatic carbocycles. The minimum atomic E-state index is -3.43. The van der Waals surface area contributed by atoms with Gasteiger partial charge >= 0.3 is 0 Å². The maximum absolute atomic E-state index is 12.6. The second-order valence-corrected chi connectivity index (χ2v) is 10.3. The van der Waals surface area contributed by atoms with E-state index in [9.17, 15) is 13.2 Å². The summed E-state index contributed by atoms with van der Waals surface area (Å²) in [5, 5.41) is 3.19. The van der Waals surface area contributed by atoms with Gasteiger partial charge in [-0.2, -0.15) is 0 Å². The van der Waals surface area contributed by atoms with E-state index < -0.39 is 10.0 Å². The third-order valence-electron chi connectivity index (χ3n) is 5.41. The molecule has 10 heteroatoms. The Kier molecular flexibility index (Phi) is 7.02. The number of H-pyrrole nitrogens is 1. The van der Waals surface area contributed by atoms with Gasteiger partial charge in [0.25, 0.3) is 5.91 Å². The van der Waals surface area contributed by atoms with Crippen molar-refractivity contribution in [1.29, 1.82) is 0 Å². The lowest BCUT2D eigenvalue weighted by atomic mass is 9.93. The van der Waals surface area contributed by atoms with Crippen LogP contribution in [0.15, 0.2) is 48.8 Å². The van der Waals surface area contributed by atoms with Gasteiger partial charge in [-0.05, 0) is 60.2 Å². The zero-order valence-corrected chi connectivity index (χ0v) is 19.7. The molecule has 3 N–H and O–H groups in total. The summed E-state index contributed by atoms with van der Waals surface area (Å²) >= 11 is 6.08. The molecule has 4 rings (SSSR count). The van der Waals surface area contributed by atoms with Crippen molar-refractivity contribution in [3.63, 3.8) is 0 Å². The van der Waals surface area contributed by atoms with Crippen molar-refractivity contribution in [3.05, 3.63) is 70.5 Å². The Labute approximate surface area is 197 Å². The van der Waals surface area contributed by atoms with Crippen molar-refractivity contribution < 1.29 is 17.9 Å². The standard InChI is InChI=1S/C23H25ClN4O4S/c1-33(30,31)28-20-9-15(8-19(24)11-20)12-27-23(29)18-10-22(26-14-18)21-3-2-17(13-25-21)16-4-6-32-7-5-16/h2-3,8-11,13-14,16,26,28H,4-7,12H2,1H3,(H,27,29). The van der Waals surface area contributed by atoms with E-state index in [1.807, 2.05) is 12.3 Å². The van der Waals surface area contributed by atoms with Gasteiger partial charge in [0.05, 0.1) is 28.9 Å². The zero-order chi connectivity index (χ0) is 23.4. The molecule has 3 aromatic rings. The number of rotatable bonds is 7. The second-order valence-electron chi connectivity index (χ2n) is 8.07. The molecular formula is C23H25ClN4O4S. The van der Waals surface area contributed by atoms with Crippen molar-refractivity contribution in [1.82, 2.24) is 15.3 Å². The number of nitrogens with one attached hydrogen (secondary N) is 3. The highest BCUT2D eigenvalue weighted by Gasteiger charge is 2.17. The summed E-state index contributed by atoms with van der Waals surface area (Å²) in [7, 11) is -3.43. The number of ether oxygens (including phenoxy) is 1. The van der Waals surface area contributed by atoms with E-state index in [1.165, 1.54) is 11.6 Å². The lowest BCUT2D eigenvalue weighted by Crippen LogP contribution is -2.22. The number of sulfonamides is 1. The summed E-state index contributed by atoms with van der Waals surface area (Å²) in [5.74, 6) is 0.207. The van der Waals surface area contributed by atoms with Crippen molar-refractivity contribution in [2.75, 3.05) is 24.2 Å². The molecule has 1 fully saturated rings. The van der Waals surface area contributed by atoms with Crippen molar-refractivity contribution in [3.8, 4) is 11.4 Å². The Morgan fingerprint density at radius 2 is 2.00 bits per heavy atom. The van der Waals surface area contributed by atoms with E-state index in [2.05, 4.69) is 26.1 Å². The van der Waals surface area contributed by atoms with Crippen LogP contribution in [0.4, 0.5) is 5.69 Å². The average Bonchev–Trinajstić information content (AvgIpc) is 3.27. The molecule has 174 valence electrons. The number of carbonyl (C=O) groups is 1. The molecule has 33 heavy (non-hydrogen) atoms. The molecule has 3 heterocycles. The number of halogens is 1. The maximum Gasteiger partial charge on any atom is 0.253 e. The van der Waals surface area contributed by atoms with Crippen molar-refractivity contribution in [2.45, 2.75) is 25.3 Å². The first kappa shape index (κ1) is 23.3. The topological polar surface area (TPSA) is 113 Å². The van der Waals surface area contributed by atoms with Crippen LogP contribution in [0, 0.1) is 0 Å². The molecule has 1 amide bonds. The molecule has 0 bridgehead atoms. The Hall–Kier alpha value is -2.88. The van der Waals surface area contributed by atoms with Gasteiger partial charge in [-0.3, -0.25) is 14.5 Å². The predicted octanol–water partition coefficient (Wildman–Crippen LogP) is 3.93. The largest absolute Gasteiger partial charge is 0.381 e. The monoisotopic (exact) mass is 488 g/mol. The number of pyridine rings is 1. The van der Waals surface area contributed by atoms with Gasteiger partial charge in [0.15, 0.2) is 0 Å². The van der Waals surface area contributed by atoms with Crippen LogP contribution in [-0.4, -0.2) is 43.8 Å². The molecule has 2 aromatic heterocycles. The fourth-order valence-corrected chi connectivity index (χ4v) is 4.62. The summed E-state index contributed by atoms with van der Waals surface area (Å²) in [4.78, 5) is 20.3. The molecule has 0 saturated carbocycles. The number of amides is 1. The van der Waals surface area contributed by atoms with E-state index in [-0.39, 0.29) is 12.5 Å². The van der Waals surface area contributed by atoms with Gasteiger partial charge in [-0.25, -0.2) is 8.42 Å². The Bertz CT molecular complexity index is 1240. The summed E-state index contributed by atoms with van der Waals surface area (Å²) in [6, 6.07) is 10.6. The first-order valence-corrected chi connectivity index (χ1v) is 12.8. The van der Waals surface area contributed by atoms with Crippen LogP contribution < -0.4 is 10.0 Å². The van der Waals surface area contributed by atoms with Gasteiger partial charge in [-0.15, -0.1) is 0 Å². The number of carbonyl (C=O) groups excluding carboxylic acids is 1. The third-order valence-corrected chi connectivity index (χ3v) is 6.24. The van der Waals surface area contributed by atoms with E-state index in [0.717, 1.165) is 43.7 Å². The van der Waals surface area contributed by atoms with Crippen LogP contribution in [0.25, 0.3) is 11.4 Å². The summed E-state index contributed by atoms with van der Waals surface area (Å²) in [5.41, 5.74) is 4.20. The Balaban J connectivity index is 1.39. The normalized spacial score (nSPS) is 14.7. The molecule has 1 aliphatic heterocycles. The predicted molar refractivity (Wildman–Crippen MR) is 128 cm³/mol. The molecule has 0 radical (unpaired) electrons. The fraction of sp³-hybridized carbons (Fsp3) is 0.304. The lowest BCUT2D eigenvalue weighted by molar-refractivity contribution is 0.0852. The molecule has 0 spiro atoms. The number of benzene rings is 1. The van der Waals surface area contributed by atoms with Crippen molar-refractivity contribution >= 4 is 33.2 Å². The molecule has 8 nitrogen and oxygen atoms in total. The number of hydrogen-bond donors (Lipinski definition) is 3. The minimum Gasteiger partial charge on any atom is -0.381 e. The average molecular weight is 489 g/mol. The summed E-state index contributed by atoms with van der Waals surface area (Å²) in [6.07, 6.45) is 6.60. The Morgan fingerprint density at radius 1 is 1.21 bits per heavy atom. The smallest absolute Gasteiger partial charge is 0.253 e. The molecule has 0 unspecified atom stereocenters.